The second-order valence-corrected chi connectivity index (χ2v) is 6.33. The van der Waals surface area contributed by atoms with E-state index in [1.54, 1.807) is 13.0 Å². The van der Waals surface area contributed by atoms with Crippen molar-refractivity contribution in [1.29, 1.82) is 0 Å². The number of amides is 3. The van der Waals surface area contributed by atoms with Crippen molar-refractivity contribution in [3.8, 4) is 0 Å². The number of nitrogens with zero attached hydrogens (tertiary/aromatic N) is 1. The zero-order valence-corrected chi connectivity index (χ0v) is 13.4. The number of anilines is 1. The molecule has 1 aromatic rings. The third kappa shape index (κ3) is 4.27. The normalized spacial score (nSPS) is 22.6. The van der Waals surface area contributed by atoms with E-state index < -0.39 is 23.8 Å². The van der Waals surface area contributed by atoms with Crippen molar-refractivity contribution in [2.75, 3.05) is 25.0 Å². The van der Waals surface area contributed by atoms with Crippen LogP contribution in [0.2, 0.25) is 0 Å². The van der Waals surface area contributed by atoms with Gasteiger partial charge in [-0.05, 0) is 44.0 Å². The maximum absolute atomic E-state index is 13.5. The fraction of sp³-hybridized carbons (Fsp3) is 0.500. The summed E-state index contributed by atoms with van der Waals surface area (Å²) in [5.74, 6) is -0.971. The second kappa shape index (κ2) is 7.06. The zero-order chi connectivity index (χ0) is 17.0. The van der Waals surface area contributed by atoms with Crippen LogP contribution in [0.1, 0.15) is 20.3 Å². The third-order valence-electron chi connectivity index (χ3n) is 4.37. The van der Waals surface area contributed by atoms with Gasteiger partial charge in [-0.3, -0.25) is 15.0 Å². The summed E-state index contributed by atoms with van der Waals surface area (Å²) in [5, 5.41) is 4.58. The van der Waals surface area contributed by atoms with Crippen molar-refractivity contribution >= 4 is 17.6 Å². The molecule has 1 aliphatic heterocycles. The van der Waals surface area contributed by atoms with Gasteiger partial charge in [0.1, 0.15) is 5.82 Å². The SMILES string of the molecule is CC(C(=O)NC(=O)Nc1ccccc1F)N1CCC(C)(CN)C1. The Kier molecular flexibility index (Phi) is 5.33. The number of nitrogens with one attached hydrogen (secondary N) is 2. The number of hydrogen-bond acceptors (Lipinski definition) is 4. The molecule has 2 atom stereocenters. The van der Waals surface area contributed by atoms with Crippen LogP contribution in [0.5, 0.6) is 0 Å². The number of imide groups is 1. The van der Waals surface area contributed by atoms with Crippen LogP contribution >= 0.6 is 0 Å². The van der Waals surface area contributed by atoms with Crippen molar-refractivity contribution in [3.05, 3.63) is 30.1 Å². The van der Waals surface area contributed by atoms with Gasteiger partial charge in [0.2, 0.25) is 5.91 Å². The molecule has 0 bridgehead atoms. The number of para-hydroxylation sites is 1. The first-order chi connectivity index (χ1) is 10.8. The van der Waals surface area contributed by atoms with Crippen molar-refractivity contribution < 1.29 is 14.0 Å². The Morgan fingerprint density at radius 1 is 1.43 bits per heavy atom. The molecule has 126 valence electrons. The summed E-state index contributed by atoms with van der Waals surface area (Å²) in [6.45, 7) is 5.87. The Hall–Kier alpha value is -1.99. The number of halogens is 1. The molecule has 2 rings (SSSR count). The smallest absolute Gasteiger partial charge is 0.326 e. The Balaban J connectivity index is 1.89. The second-order valence-electron chi connectivity index (χ2n) is 6.33. The van der Waals surface area contributed by atoms with Gasteiger partial charge in [0.05, 0.1) is 11.7 Å². The lowest BCUT2D eigenvalue weighted by atomic mass is 9.90. The summed E-state index contributed by atoms with van der Waals surface area (Å²) < 4.78 is 13.5. The van der Waals surface area contributed by atoms with E-state index in [2.05, 4.69) is 17.6 Å². The van der Waals surface area contributed by atoms with Gasteiger partial charge in [-0.2, -0.15) is 0 Å². The molecule has 0 aliphatic carbocycles. The van der Waals surface area contributed by atoms with E-state index in [1.807, 2.05) is 4.90 Å². The van der Waals surface area contributed by atoms with Crippen LogP contribution in [0, 0.1) is 11.2 Å². The average molecular weight is 322 g/mol. The molecule has 6 nitrogen and oxygen atoms in total. The van der Waals surface area contributed by atoms with E-state index in [0.29, 0.717) is 13.1 Å². The molecule has 1 heterocycles. The fourth-order valence-electron chi connectivity index (χ4n) is 2.66. The van der Waals surface area contributed by atoms with Crippen LogP contribution in [0.25, 0.3) is 0 Å². The van der Waals surface area contributed by atoms with Crippen molar-refractivity contribution in [3.63, 3.8) is 0 Å². The standard InChI is InChI=1S/C16H23FN4O2/c1-11(21-8-7-16(2,9-18)10-21)14(22)20-15(23)19-13-6-4-3-5-12(13)17/h3-6,11H,7-10,18H2,1-2H3,(H2,19,20,22,23). The van der Waals surface area contributed by atoms with Crippen LogP contribution in [-0.4, -0.2) is 42.5 Å². The topological polar surface area (TPSA) is 87.5 Å². The van der Waals surface area contributed by atoms with E-state index in [9.17, 15) is 14.0 Å². The monoisotopic (exact) mass is 322 g/mol. The number of nitrogens with two attached hydrogens (primary N) is 1. The van der Waals surface area contributed by atoms with Crippen molar-refractivity contribution in [2.45, 2.75) is 26.3 Å². The lowest BCUT2D eigenvalue weighted by molar-refractivity contribution is -0.124. The first kappa shape index (κ1) is 17.4. The number of likely N-dealkylation sites (tertiary alicyclic amines) is 1. The summed E-state index contributed by atoms with van der Waals surface area (Å²) >= 11 is 0. The fourth-order valence-corrected chi connectivity index (χ4v) is 2.66. The van der Waals surface area contributed by atoms with Gasteiger partial charge in [-0.25, -0.2) is 9.18 Å². The van der Waals surface area contributed by atoms with Crippen LogP contribution in [0.15, 0.2) is 24.3 Å². The average Bonchev–Trinajstić information content (AvgIpc) is 2.92. The van der Waals surface area contributed by atoms with E-state index in [4.69, 9.17) is 5.73 Å². The maximum atomic E-state index is 13.5. The largest absolute Gasteiger partial charge is 0.330 e. The maximum Gasteiger partial charge on any atom is 0.326 e. The predicted molar refractivity (Wildman–Crippen MR) is 86.4 cm³/mol. The summed E-state index contributed by atoms with van der Waals surface area (Å²) in [7, 11) is 0. The molecule has 1 fully saturated rings. The van der Waals surface area contributed by atoms with Crippen LogP contribution in [0.3, 0.4) is 0 Å². The summed E-state index contributed by atoms with van der Waals surface area (Å²) in [4.78, 5) is 26.0. The Morgan fingerprint density at radius 2 is 2.13 bits per heavy atom. The molecule has 23 heavy (non-hydrogen) atoms. The zero-order valence-electron chi connectivity index (χ0n) is 13.4. The molecule has 4 N–H and O–H groups in total. The minimum Gasteiger partial charge on any atom is -0.330 e. The molecule has 3 amide bonds. The van der Waals surface area contributed by atoms with Gasteiger partial charge in [0.15, 0.2) is 0 Å². The first-order valence-electron chi connectivity index (χ1n) is 7.65. The highest BCUT2D eigenvalue weighted by Gasteiger charge is 2.36. The Labute approximate surface area is 135 Å². The predicted octanol–water partition coefficient (Wildman–Crippen LogP) is 1.53. The molecule has 0 radical (unpaired) electrons. The van der Waals surface area contributed by atoms with Crippen LogP contribution < -0.4 is 16.4 Å². The van der Waals surface area contributed by atoms with Gasteiger partial charge in [0, 0.05) is 6.54 Å². The molecule has 1 aromatic carbocycles. The van der Waals surface area contributed by atoms with Gasteiger partial charge < -0.3 is 11.1 Å². The summed E-state index contributed by atoms with van der Waals surface area (Å²) in [6, 6.07) is 4.59. The molecular weight excluding hydrogens is 299 g/mol. The quantitative estimate of drug-likeness (QED) is 0.784. The van der Waals surface area contributed by atoms with Gasteiger partial charge in [-0.15, -0.1) is 0 Å². The van der Waals surface area contributed by atoms with Crippen LogP contribution in [-0.2, 0) is 4.79 Å². The molecular formula is C16H23FN4O2. The third-order valence-corrected chi connectivity index (χ3v) is 4.37. The number of urea groups is 1. The first-order valence-corrected chi connectivity index (χ1v) is 7.65. The minimum atomic E-state index is -0.743. The Bertz CT molecular complexity index is 595. The number of benzene rings is 1. The molecule has 1 saturated heterocycles. The summed E-state index contributed by atoms with van der Waals surface area (Å²) in [5.41, 5.74) is 5.79. The molecule has 2 unspecified atom stereocenters. The van der Waals surface area contributed by atoms with Crippen molar-refractivity contribution in [2.24, 2.45) is 11.1 Å². The van der Waals surface area contributed by atoms with Gasteiger partial charge >= 0.3 is 6.03 Å². The van der Waals surface area contributed by atoms with E-state index in [1.165, 1.54) is 18.2 Å². The highest BCUT2D eigenvalue weighted by molar-refractivity contribution is 6.02. The minimum absolute atomic E-state index is 0.00393. The van der Waals surface area contributed by atoms with Crippen molar-refractivity contribution in [1.82, 2.24) is 10.2 Å². The van der Waals surface area contributed by atoms with Gasteiger partial charge in [0.25, 0.3) is 0 Å². The lowest BCUT2D eigenvalue weighted by Crippen LogP contribution is -2.48. The molecule has 0 saturated carbocycles. The highest BCUT2D eigenvalue weighted by atomic mass is 19.1. The number of carbonyl (C=O) groups excluding carboxylic acids is 2. The lowest BCUT2D eigenvalue weighted by Gasteiger charge is -2.26. The van der Waals surface area contributed by atoms with Gasteiger partial charge in [-0.1, -0.05) is 19.1 Å². The molecule has 1 aliphatic rings. The van der Waals surface area contributed by atoms with E-state index in [0.717, 1.165) is 13.0 Å². The molecule has 0 spiro atoms. The number of rotatable bonds is 4. The number of carbonyl (C=O) groups is 2. The molecule has 7 heteroatoms. The van der Waals surface area contributed by atoms with E-state index in [-0.39, 0.29) is 11.1 Å². The van der Waals surface area contributed by atoms with E-state index >= 15 is 0 Å². The number of hydrogen-bond donors (Lipinski definition) is 3. The van der Waals surface area contributed by atoms with Crippen LogP contribution in [0.4, 0.5) is 14.9 Å². The Morgan fingerprint density at radius 3 is 2.74 bits per heavy atom. The molecule has 0 aromatic heterocycles. The summed E-state index contributed by atoms with van der Waals surface area (Å²) in [6.07, 6.45) is 0.919. The highest BCUT2D eigenvalue weighted by Crippen LogP contribution is 2.29.